The highest BCUT2D eigenvalue weighted by molar-refractivity contribution is 8.77. The highest BCUT2D eigenvalue weighted by atomic mass is 33.1. The van der Waals surface area contributed by atoms with Crippen LogP contribution in [0.2, 0.25) is 0 Å². The lowest BCUT2D eigenvalue weighted by molar-refractivity contribution is -0.138. The van der Waals surface area contributed by atoms with E-state index >= 15 is 0 Å². The second-order valence-corrected chi connectivity index (χ2v) is 27.9. The lowest BCUT2D eigenvalue weighted by Crippen LogP contribution is -2.43. The fourth-order valence-corrected chi connectivity index (χ4v) is 19.8. The van der Waals surface area contributed by atoms with E-state index in [1.807, 2.05) is 84.9 Å². The number of nitrogens with one attached hydrogen (secondary N) is 4. The number of hydrogen-bond donors (Lipinski definition) is 10. The normalized spacial score (nSPS) is 20.1. The molecule has 6 aromatic carbocycles. The molecular formula is C62H42N4O16S6. The molecule has 11 aliphatic heterocycles. The third-order valence-electron chi connectivity index (χ3n) is 16.5. The predicted molar refractivity (Wildman–Crippen MR) is 324 cm³/mol. The molecule has 0 radical (unpaired) electrons. The Bertz CT molecular complexity index is 4100. The first kappa shape index (κ1) is 58.4. The van der Waals surface area contributed by atoms with Gasteiger partial charge in [-0.15, -0.1) is 0 Å². The molecule has 0 aromatic heterocycles. The molecule has 11 heterocycles. The number of carboxylic acid groups (broad SMARTS) is 6. The topological polar surface area (TPSA) is 340 Å². The Kier molecular flexibility index (Phi) is 15.1. The summed E-state index contributed by atoms with van der Waals surface area (Å²) < 4.78 is 0. The van der Waals surface area contributed by atoms with Gasteiger partial charge in [-0.2, -0.15) is 0 Å². The van der Waals surface area contributed by atoms with Crippen molar-refractivity contribution >= 4 is 124 Å². The van der Waals surface area contributed by atoms with Gasteiger partial charge in [0.2, 0.25) is 23.6 Å². The van der Waals surface area contributed by atoms with Gasteiger partial charge in [0.05, 0.1) is 11.1 Å². The minimum atomic E-state index is -1.40. The van der Waals surface area contributed by atoms with Crippen LogP contribution < -0.4 is 21.3 Å². The summed E-state index contributed by atoms with van der Waals surface area (Å²) in [6.07, 6.45) is 0. The molecule has 6 atom stereocenters. The molecule has 0 spiro atoms. The molecular weight excluding hydrogens is 1250 g/mol. The number of rotatable bonds is 14. The van der Waals surface area contributed by atoms with Crippen LogP contribution in [-0.4, -0.2) is 116 Å². The number of hydrogen-bond acceptors (Lipinski definition) is 16. The van der Waals surface area contributed by atoms with Crippen molar-refractivity contribution < 1.29 is 78.6 Å². The Balaban J connectivity index is 1.01. The van der Waals surface area contributed by atoms with Crippen LogP contribution in [0, 0.1) is 0 Å². The van der Waals surface area contributed by atoms with E-state index < -0.39 is 121 Å². The Morgan fingerprint density at radius 2 is 0.545 bits per heavy atom. The molecule has 0 saturated heterocycles. The van der Waals surface area contributed by atoms with Crippen LogP contribution in [-0.2, 0) is 47.9 Å². The highest BCUT2D eigenvalue weighted by Gasteiger charge is 2.52. The van der Waals surface area contributed by atoms with Gasteiger partial charge in [-0.3, -0.25) is 38.4 Å². The van der Waals surface area contributed by atoms with Gasteiger partial charge in [0.1, 0.15) is 26.2 Å². The van der Waals surface area contributed by atoms with E-state index in [9.17, 15) is 78.6 Å². The summed E-state index contributed by atoms with van der Waals surface area (Å²) in [6, 6.07) is 33.0. The SMILES string of the molecule is O=C(O)CNC(=O)C1=C(C(=O)NCC(=O)O)[C@H]2c3ccc4cc3[C@@H]1c1ccc(cc12)SSc1ccc(c2c1[C@@H]1C(C(=O)O)=C(C(=O)O)[C@H]2c2ccccc21)SSc1ccc2c(c1)[C@H]1C(C(=O)NCC(=O)O)=C(C(=O)NCC(=O)O)[C@@H]2c2cc(ccc21)SS4. The van der Waals surface area contributed by atoms with Gasteiger partial charge >= 0.3 is 35.8 Å². The first-order chi connectivity index (χ1) is 42.3. The number of benzene rings is 6. The zero-order valence-electron chi connectivity index (χ0n) is 44.9. The molecule has 26 rings (SSSR count). The second-order valence-electron chi connectivity index (χ2n) is 21.2. The fraction of sp³-hybridized carbons (Fsp3) is 0.161. The molecule has 4 amide bonds. The van der Waals surface area contributed by atoms with Crippen molar-refractivity contribution in [1.82, 2.24) is 21.3 Å². The first-order valence-electron chi connectivity index (χ1n) is 26.8. The summed E-state index contributed by atoms with van der Waals surface area (Å²) in [5, 5.41) is 70.5. The number of aliphatic carboxylic acids is 6. The zero-order valence-corrected chi connectivity index (χ0v) is 49.8. The molecule has 442 valence electrons. The van der Waals surface area contributed by atoms with Gasteiger partial charge < -0.3 is 51.9 Å². The maximum atomic E-state index is 14.5. The van der Waals surface area contributed by atoms with Crippen LogP contribution in [0.15, 0.2) is 172 Å². The summed E-state index contributed by atoms with van der Waals surface area (Å²) in [6.45, 7) is -3.17. The van der Waals surface area contributed by atoms with Crippen LogP contribution >= 0.6 is 64.8 Å². The van der Waals surface area contributed by atoms with Crippen molar-refractivity contribution in [2.45, 2.75) is 64.9 Å². The highest BCUT2D eigenvalue weighted by Crippen LogP contribution is 2.64. The predicted octanol–water partition coefficient (Wildman–Crippen LogP) is 8.03. The van der Waals surface area contributed by atoms with Crippen molar-refractivity contribution in [2.24, 2.45) is 0 Å². The Morgan fingerprint density at radius 3 is 0.795 bits per heavy atom. The Labute approximate surface area is 521 Å². The van der Waals surface area contributed by atoms with E-state index in [4.69, 9.17) is 0 Å². The molecule has 10 N–H and O–H groups in total. The monoisotopic (exact) mass is 1290 g/mol. The minimum absolute atomic E-state index is 0.0719. The molecule has 0 fully saturated rings. The van der Waals surface area contributed by atoms with Crippen molar-refractivity contribution in [3.8, 4) is 0 Å². The maximum Gasteiger partial charge on any atom is 0.333 e. The summed E-state index contributed by atoms with van der Waals surface area (Å²) in [5.41, 5.74) is 6.50. The first-order valence-corrected chi connectivity index (χ1v) is 33.3. The smallest absolute Gasteiger partial charge is 0.333 e. The quantitative estimate of drug-likeness (QED) is 0.0461. The average molecular weight is 1290 g/mol. The van der Waals surface area contributed by atoms with Crippen LogP contribution in [0.5, 0.6) is 0 Å². The molecule has 0 unspecified atom stereocenters. The van der Waals surface area contributed by atoms with Crippen molar-refractivity contribution in [3.63, 3.8) is 0 Å². The number of carboxylic acids is 6. The molecule has 9 aliphatic carbocycles. The Morgan fingerprint density at radius 1 is 0.295 bits per heavy atom. The Hall–Kier alpha value is -8.66. The van der Waals surface area contributed by atoms with Gasteiger partial charge in [-0.1, -0.05) is 113 Å². The molecule has 20 nitrogen and oxygen atoms in total. The third-order valence-corrected chi connectivity index (χ3v) is 23.7. The van der Waals surface area contributed by atoms with Crippen molar-refractivity contribution in [2.75, 3.05) is 26.2 Å². The van der Waals surface area contributed by atoms with Gasteiger partial charge in [-0.05, 0) is 127 Å². The fourth-order valence-electron chi connectivity index (χ4n) is 13.4. The summed E-state index contributed by atoms with van der Waals surface area (Å²) >= 11 is 0. The summed E-state index contributed by atoms with van der Waals surface area (Å²) in [4.78, 5) is 137. The van der Waals surface area contributed by atoms with Crippen LogP contribution in [0.3, 0.4) is 0 Å². The third kappa shape index (κ3) is 9.81. The molecule has 6 aromatic rings. The van der Waals surface area contributed by atoms with Crippen LogP contribution in [0.25, 0.3) is 0 Å². The van der Waals surface area contributed by atoms with E-state index in [-0.39, 0.29) is 33.4 Å². The lowest BCUT2D eigenvalue weighted by atomic mass is 9.60. The lowest BCUT2D eigenvalue weighted by Gasteiger charge is -2.43. The van der Waals surface area contributed by atoms with E-state index in [0.717, 1.165) is 0 Å². The maximum absolute atomic E-state index is 14.5. The van der Waals surface area contributed by atoms with E-state index in [1.54, 1.807) is 24.3 Å². The molecule has 20 bridgehead atoms. The number of amides is 4. The number of carbonyl (C=O) groups is 10. The van der Waals surface area contributed by atoms with Crippen LogP contribution in [0.4, 0.5) is 0 Å². The average Bonchev–Trinajstić information content (AvgIpc) is 0.770. The standard InChI is InChI=1S/C62H42N4O16S6/c67-39(68)19-63-57(75)51-43-31-11-7-25-17-35(31)45(53(51)59(77)65-21-41(71)72)29-9-5-23(15-33(29)43)83-84-24-6-10-30-34(16-24)44-32-12-8-26(18-36(32)46(30)54(60(78)66-22-42(73)74)52(44)58(76)64-20-40(69)70)86-88-38-14-13-37(87-85-25)49-47-27-3-1-2-4-28(27)48(50(38)49)56(62(81)82)55(47)61(79)80/h1-18,43-48H,19-22H2,(H,63,75)(H,64,76)(H,65,77)(H,66,78)(H,67,68)(H,69,70)(H,71,72)(H,73,74)(H,79,80)(H,81,82)/t43-,44-,45-,46-,47-,48+/m0/s1. The minimum Gasteiger partial charge on any atom is -0.480 e. The zero-order chi connectivity index (χ0) is 61.7. The number of carbonyl (C=O) groups excluding carboxylic acids is 4. The van der Waals surface area contributed by atoms with Gasteiger partial charge in [0, 0.05) is 87.2 Å². The van der Waals surface area contributed by atoms with E-state index in [2.05, 4.69) is 21.3 Å². The van der Waals surface area contributed by atoms with E-state index in [1.165, 1.54) is 64.8 Å². The summed E-state index contributed by atoms with van der Waals surface area (Å²) in [5.74, 6) is -17.7. The van der Waals surface area contributed by atoms with Gasteiger partial charge in [0.15, 0.2) is 0 Å². The molecule has 88 heavy (non-hydrogen) atoms. The molecule has 20 aliphatic rings. The van der Waals surface area contributed by atoms with E-state index in [0.29, 0.717) is 96.1 Å². The summed E-state index contributed by atoms with van der Waals surface area (Å²) in [7, 11) is 7.94. The van der Waals surface area contributed by atoms with Gasteiger partial charge in [0.25, 0.3) is 0 Å². The van der Waals surface area contributed by atoms with Crippen molar-refractivity contribution in [3.05, 3.63) is 209 Å². The van der Waals surface area contributed by atoms with Gasteiger partial charge in [-0.25, -0.2) is 9.59 Å². The second kappa shape index (κ2) is 22.8. The largest absolute Gasteiger partial charge is 0.480 e. The van der Waals surface area contributed by atoms with Crippen LogP contribution in [0.1, 0.15) is 102 Å². The molecule has 26 heteroatoms. The van der Waals surface area contributed by atoms with Crippen molar-refractivity contribution in [1.29, 1.82) is 0 Å². The molecule has 0 saturated carbocycles.